The van der Waals surface area contributed by atoms with Crippen molar-refractivity contribution in [2.24, 2.45) is 0 Å². The molecule has 0 unspecified atom stereocenters. The van der Waals surface area contributed by atoms with Gasteiger partial charge in [0.2, 0.25) is 0 Å². The van der Waals surface area contributed by atoms with Gasteiger partial charge in [-0.2, -0.15) is 0 Å². The summed E-state index contributed by atoms with van der Waals surface area (Å²) >= 11 is 0. The fourth-order valence-corrected chi connectivity index (χ4v) is 2.02. The second kappa shape index (κ2) is 6.33. The molecule has 2 heterocycles. The molecule has 0 aliphatic carbocycles. The number of piperidine rings is 1. The first-order chi connectivity index (χ1) is 8.10. The van der Waals surface area contributed by atoms with E-state index in [1.807, 2.05) is 17.0 Å². The third kappa shape index (κ3) is 3.55. The van der Waals surface area contributed by atoms with E-state index in [0.717, 1.165) is 5.56 Å². The van der Waals surface area contributed by atoms with Crippen LogP contribution < -0.4 is 24.0 Å². The van der Waals surface area contributed by atoms with E-state index in [4.69, 9.17) is 0 Å². The largest absolute Gasteiger partial charge is 1.00 e. The predicted molar refractivity (Wildman–Crippen MR) is 57.6 cm³/mol. The number of hydrogen-bond acceptors (Lipinski definition) is 4. The van der Waals surface area contributed by atoms with Crippen LogP contribution in [0.5, 0.6) is 0 Å². The molecule has 1 saturated heterocycles. The molecular weight excluding hydrogens is 230 g/mol. The fourth-order valence-electron chi connectivity index (χ4n) is 2.02. The van der Waals surface area contributed by atoms with E-state index in [1.165, 1.54) is 0 Å². The molecule has 4 nitrogen and oxygen atoms in total. The predicted octanol–water partition coefficient (Wildman–Crippen LogP) is -2.86. The Morgan fingerprint density at radius 1 is 1.39 bits per heavy atom. The number of carboxylic acid groups (broad SMARTS) is 1. The number of likely N-dealkylation sites (tertiary alicyclic amines) is 1. The molecule has 0 radical (unpaired) electrons. The molecule has 0 aromatic carbocycles. The summed E-state index contributed by atoms with van der Waals surface area (Å²) in [5.41, 5.74) is -1.05. The SMILES string of the molecule is O=C([O-])C1(F)CCN(Cc2ccncc2)CC1.[Li+]. The molecule has 1 aliphatic heterocycles. The van der Waals surface area contributed by atoms with Gasteiger partial charge in [-0.05, 0) is 30.5 Å². The van der Waals surface area contributed by atoms with Crippen LogP contribution in [0.4, 0.5) is 4.39 Å². The molecule has 0 atom stereocenters. The average molecular weight is 244 g/mol. The smallest absolute Gasteiger partial charge is 0.547 e. The quantitative estimate of drug-likeness (QED) is 0.537. The molecule has 0 bridgehead atoms. The number of halogens is 1. The van der Waals surface area contributed by atoms with E-state index in [0.29, 0.717) is 19.6 Å². The van der Waals surface area contributed by atoms with Gasteiger partial charge >= 0.3 is 18.9 Å². The Balaban J connectivity index is 0.00000162. The Morgan fingerprint density at radius 2 is 1.94 bits per heavy atom. The van der Waals surface area contributed by atoms with Gasteiger partial charge in [-0.1, -0.05) is 0 Å². The minimum atomic E-state index is -2.14. The third-order valence-electron chi connectivity index (χ3n) is 3.17. The number of carboxylic acids is 1. The summed E-state index contributed by atoms with van der Waals surface area (Å²) in [6.45, 7) is 1.57. The Morgan fingerprint density at radius 3 is 2.44 bits per heavy atom. The van der Waals surface area contributed by atoms with Crippen molar-refractivity contribution in [1.29, 1.82) is 0 Å². The van der Waals surface area contributed by atoms with Crippen molar-refractivity contribution in [3.8, 4) is 0 Å². The molecule has 1 aliphatic rings. The minimum Gasteiger partial charge on any atom is -0.547 e. The molecule has 92 valence electrons. The number of rotatable bonds is 3. The van der Waals surface area contributed by atoms with Gasteiger partial charge in [0.25, 0.3) is 0 Å². The molecule has 1 aromatic heterocycles. The summed E-state index contributed by atoms with van der Waals surface area (Å²) in [5.74, 6) is -1.58. The maximum atomic E-state index is 13.7. The van der Waals surface area contributed by atoms with Crippen LogP contribution in [0.3, 0.4) is 0 Å². The number of aliphatic carboxylic acids is 1. The summed E-state index contributed by atoms with van der Waals surface area (Å²) < 4.78 is 13.7. The van der Waals surface area contributed by atoms with Crippen molar-refractivity contribution in [2.75, 3.05) is 13.1 Å². The number of pyridine rings is 1. The molecule has 1 fully saturated rings. The maximum absolute atomic E-state index is 13.7. The van der Waals surface area contributed by atoms with Crippen LogP contribution in [-0.2, 0) is 11.3 Å². The normalized spacial score (nSPS) is 18.9. The molecule has 18 heavy (non-hydrogen) atoms. The number of carbonyl (C=O) groups is 1. The first-order valence-corrected chi connectivity index (χ1v) is 5.62. The van der Waals surface area contributed by atoms with E-state index in [1.54, 1.807) is 12.4 Å². The second-order valence-electron chi connectivity index (χ2n) is 4.38. The van der Waals surface area contributed by atoms with Crippen LogP contribution in [0.25, 0.3) is 0 Å². The second-order valence-corrected chi connectivity index (χ2v) is 4.38. The zero-order valence-electron chi connectivity index (χ0n) is 10.4. The van der Waals surface area contributed by atoms with Gasteiger partial charge in [-0.15, -0.1) is 0 Å². The maximum Gasteiger partial charge on any atom is 1.00 e. The molecule has 0 saturated carbocycles. The van der Waals surface area contributed by atoms with Gasteiger partial charge in [0, 0.05) is 32.0 Å². The van der Waals surface area contributed by atoms with Crippen molar-refractivity contribution in [3.05, 3.63) is 30.1 Å². The van der Waals surface area contributed by atoms with E-state index >= 15 is 0 Å². The van der Waals surface area contributed by atoms with Gasteiger partial charge in [0.1, 0.15) is 0 Å². The number of nitrogens with zero attached hydrogens (tertiary/aromatic N) is 2. The Kier molecular flexibility index (Phi) is 5.33. The third-order valence-corrected chi connectivity index (χ3v) is 3.17. The summed E-state index contributed by atoms with van der Waals surface area (Å²) in [6, 6.07) is 3.80. The standard InChI is InChI=1S/C12H15FN2O2.Li/c13-12(11(16)17)3-7-15(8-4-12)9-10-1-5-14-6-2-10;/h1-2,5-6H,3-4,7-9H2,(H,16,17);/q;+1/p-1. The van der Waals surface area contributed by atoms with E-state index in [9.17, 15) is 14.3 Å². The molecule has 0 amide bonds. The Hall–Kier alpha value is -0.893. The average Bonchev–Trinajstić information content (AvgIpc) is 2.33. The van der Waals surface area contributed by atoms with Gasteiger partial charge in [0.15, 0.2) is 5.67 Å². The summed E-state index contributed by atoms with van der Waals surface area (Å²) in [6.07, 6.45) is 3.42. The number of alkyl halides is 1. The zero-order valence-corrected chi connectivity index (χ0v) is 10.4. The van der Waals surface area contributed by atoms with E-state index in [2.05, 4.69) is 4.98 Å². The Labute approximate surface area is 117 Å². The van der Waals surface area contributed by atoms with E-state index < -0.39 is 11.6 Å². The molecule has 6 heteroatoms. The van der Waals surface area contributed by atoms with Crippen molar-refractivity contribution in [1.82, 2.24) is 9.88 Å². The topological polar surface area (TPSA) is 56.3 Å². The van der Waals surface area contributed by atoms with Gasteiger partial charge in [-0.25, -0.2) is 4.39 Å². The van der Waals surface area contributed by atoms with Crippen LogP contribution in [0.15, 0.2) is 24.5 Å². The van der Waals surface area contributed by atoms with Crippen molar-refractivity contribution in [2.45, 2.75) is 25.1 Å². The monoisotopic (exact) mass is 244 g/mol. The van der Waals surface area contributed by atoms with Crippen LogP contribution in [-0.4, -0.2) is 34.6 Å². The van der Waals surface area contributed by atoms with Crippen LogP contribution in [0.1, 0.15) is 18.4 Å². The van der Waals surface area contributed by atoms with Crippen LogP contribution in [0, 0.1) is 0 Å². The number of hydrogen-bond donors (Lipinski definition) is 0. The molecule has 0 spiro atoms. The van der Waals surface area contributed by atoms with Gasteiger partial charge < -0.3 is 9.90 Å². The van der Waals surface area contributed by atoms with Gasteiger partial charge in [-0.3, -0.25) is 9.88 Å². The number of carbonyl (C=O) groups excluding carboxylic acids is 1. The summed E-state index contributed by atoms with van der Waals surface area (Å²) in [7, 11) is 0. The molecule has 1 aromatic rings. The van der Waals surface area contributed by atoms with Crippen molar-refractivity contribution < 1.29 is 33.2 Å². The first-order valence-electron chi connectivity index (χ1n) is 5.62. The van der Waals surface area contributed by atoms with Crippen LogP contribution >= 0.6 is 0 Å². The molecule has 0 N–H and O–H groups in total. The van der Waals surface area contributed by atoms with Crippen molar-refractivity contribution >= 4 is 5.97 Å². The van der Waals surface area contributed by atoms with Crippen LogP contribution in [0.2, 0.25) is 0 Å². The zero-order chi connectivity index (χ0) is 12.3. The number of aromatic nitrogens is 1. The molecular formula is C12H14FLiN2O2. The molecule has 2 rings (SSSR count). The summed E-state index contributed by atoms with van der Waals surface area (Å²) in [5, 5.41) is 10.6. The minimum absolute atomic E-state index is 0. The first kappa shape index (κ1) is 15.2. The Bertz CT molecular complexity index is 394. The van der Waals surface area contributed by atoms with E-state index in [-0.39, 0.29) is 31.7 Å². The van der Waals surface area contributed by atoms with Crippen molar-refractivity contribution in [3.63, 3.8) is 0 Å². The summed E-state index contributed by atoms with van der Waals surface area (Å²) in [4.78, 5) is 16.6. The fraction of sp³-hybridized carbons (Fsp3) is 0.500. The van der Waals surface area contributed by atoms with Gasteiger partial charge in [0.05, 0.1) is 5.97 Å².